The van der Waals surface area contributed by atoms with Crippen molar-refractivity contribution in [3.8, 4) is 0 Å². The Bertz CT molecular complexity index is 676. The van der Waals surface area contributed by atoms with Gasteiger partial charge in [-0.25, -0.2) is 9.78 Å². The second-order valence-corrected chi connectivity index (χ2v) is 7.33. The molecule has 25 heavy (non-hydrogen) atoms. The number of carbonyl (C=O) groups excluding carboxylic acids is 2. The monoisotopic (exact) mass is 379 g/mol. The molecule has 0 saturated carbocycles. The summed E-state index contributed by atoms with van der Waals surface area (Å²) in [7, 11) is 4.49. The smallest absolute Gasteiger partial charge is 0.435 e. The van der Waals surface area contributed by atoms with Crippen LogP contribution in [0.1, 0.15) is 36.1 Å². The topological polar surface area (TPSA) is 62.7 Å². The van der Waals surface area contributed by atoms with Crippen molar-refractivity contribution >= 4 is 28.3 Å². The maximum Gasteiger partial charge on any atom is 0.435 e. The lowest BCUT2D eigenvalue weighted by Gasteiger charge is -2.23. The van der Waals surface area contributed by atoms with E-state index in [-0.39, 0.29) is 5.13 Å². The SMILES string of the molecule is CN(C)/C=C/C(=O)c1sc(N(C)C(=O)OC(C)(C)C)nc1C(F)(F)F. The van der Waals surface area contributed by atoms with Gasteiger partial charge in [-0.2, -0.15) is 13.2 Å². The summed E-state index contributed by atoms with van der Waals surface area (Å²) >= 11 is 0.483. The molecule has 140 valence electrons. The summed E-state index contributed by atoms with van der Waals surface area (Å²) in [5.74, 6) is -0.845. The van der Waals surface area contributed by atoms with E-state index >= 15 is 0 Å². The van der Waals surface area contributed by atoms with Gasteiger partial charge in [0.05, 0.1) is 0 Å². The van der Waals surface area contributed by atoms with Gasteiger partial charge in [-0.15, -0.1) is 0 Å². The van der Waals surface area contributed by atoms with Crippen molar-refractivity contribution in [1.29, 1.82) is 0 Å². The van der Waals surface area contributed by atoms with Crippen molar-refractivity contribution in [1.82, 2.24) is 9.88 Å². The first-order valence-corrected chi connectivity index (χ1v) is 7.97. The highest BCUT2D eigenvalue weighted by molar-refractivity contribution is 7.18. The Labute approximate surface area is 147 Å². The van der Waals surface area contributed by atoms with Gasteiger partial charge in [0.15, 0.2) is 16.6 Å². The molecule has 1 aromatic rings. The summed E-state index contributed by atoms with van der Waals surface area (Å²) in [4.78, 5) is 29.3. The second kappa shape index (κ2) is 7.42. The predicted octanol–water partition coefficient (Wildman–Crippen LogP) is 3.79. The number of thiazole rings is 1. The molecule has 0 aromatic carbocycles. The molecule has 0 spiro atoms. The van der Waals surface area contributed by atoms with Gasteiger partial charge in [0.1, 0.15) is 10.5 Å². The number of ketones is 1. The van der Waals surface area contributed by atoms with E-state index in [2.05, 4.69) is 4.98 Å². The molecule has 0 radical (unpaired) electrons. The Hall–Kier alpha value is -2.10. The number of hydrogen-bond donors (Lipinski definition) is 0. The third-order valence-electron chi connectivity index (χ3n) is 2.59. The highest BCUT2D eigenvalue weighted by atomic mass is 32.1. The van der Waals surface area contributed by atoms with Crippen LogP contribution in [0.5, 0.6) is 0 Å². The van der Waals surface area contributed by atoms with E-state index in [0.29, 0.717) is 11.3 Å². The highest BCUT2D eigenvalue weighted by Crippen LogP contribution is 2.37. The van der Waals surface area contributed by atoms with Crippen molar-refractivity contribution in [2.24, 2.45) is 0 Å². The van der Waals surface area contributed by atoms with Crippen LogP contribution >= 0.6 is 11.3 Å². The molecule has 1 rings (SSSR count). The van der Waals surface area contributed by atoms with Gasteiger partial charge in [0.25, 0.3) is 0 Å². The lowest BCUT2D eigenvalue weighted by molar-refractivity contribution is -0.141. The zero-order valence-electron chi connectivity index (χ0n) is 14.8. The molecule has 0 fully saturated rings. The van der Waals surface area contributed by atoms with Crippen LogP contribution in [0.4, 0.5) is 23.1 Å². The minimum atomic E-state index is -4.82. The number of nitrogens with zero attached hydrogens (tertiary/aromatic N) is 3. The Morgan fingerprint density at radius 1 is 1.16 bits per heavy atom. The third kappa shape index (κ3) is 6.04. The fourth-order valence-corrected chi connectivity index (χ4v) is 2.47. The van der Waals surface area contributed by atoms with Gasteiger partial charge in [0.2, 0.25) is 0 Å². The Kier molecular flexibility index (Phi) is 6.22. The van der Waals surface area contributed by atoms with Crippen molar-refractivity contribution in [3.05, 3.63) is 22.8 Å². The Morgan fingerprint density at radius 2 is 1.72 bits per heavy atom. The number of anilines is 1. The van der Waals surface area contributed by atoms with Crippen molar-refractivity contribution in [2.75, 3.05) is 26.0 Å². The van der Waals surface area contributed by atoms with Crippen LogP contribution in [-0.2, 0) is 10.9 Å². The molecule has 1 amide bonds. The summed E-state index contributed by atoms with van der Waals surface area (Å²) in [5, 5.41) is -0.275. The van der Waals surface area contributed by atoms with E-state index in [0.717, 1.165) is 11.0 Å². The van der Waals surface area contributed by atoms with Crippen LogP contribution in [0.3, 0.4) is 0 Å². The quantitative estimate of drug-likeness (QED) is 0.588. The molecule has 0 unspecified atom stereocenters. The van der Waals surface area contributed by atoms with E-state index in [1.54, 1.807) is 34.9 Å². The molecule has 0 bridgehead atoms. The van der Waals surface area contributed by atoms with E-state index in [9.17, 15) is 22.8 Å². The van der Waals surface area contributed by atoms with Gasteiger partial charge < -0.3 is 9.64 Å². The molecule has 0 aliphatic heterocycles. The van der Waals surface area contributed by atoms with E-state index in [1.165, 1.54) is 18.1 Å². The van der Waals surface area contributed by atoms with Crippen LogP contribution in [0.25, 0.3) is 0 Å². The van der Waals surface area contributed by atoms with Gasteiger partial charge >= 0.3 is 12.3 Å². The van der Waals surface area contributed by atoms with Crippen LogP contribution in [0.2, 0.25) is 0 Å². The van der Waals surface area contributed by atoms with Gasteiger partial charge in [0, 0.05) is 33.4 Å². The average Bonchev–Trinajstić information content (AvgIpc) is 2.87. The van der Waals surface area contributed by atoms with E-state index in [4.69, 9.17) is 4.74 Å². The normalized spacial score (nSPS) is 12.4. The number of allylic oxidation sites excluding steroid dienone is 1. The molecule has 0 saturated heterocycles. The van der Waals surface area contributed by atoms with Crippen molar-refractivity contribution in [2.45, 2.75) is 32.5 Å². The number of amides is 1. The molecule has 6 nitrogen and oxygen atoms in total. The standard InChI is InChI=1S/C15H20F3N3O3S/c1-14(2,3)24-13(23)21(6)12-19-11(15(16,17)18)10(25-12)9(22)7-8-20(4)5/h7-8H,1-6H3/b8-7+. The number of aromatic nitrogens is 1. The average molecular weight is 379 g/mol. The van der Waals surface area contributed by atoms with E-state index < -0.39 is 34.2 Å². The molecule has 10 heteroatoms. The summed E-state index contributed by atoms with van der Waals surface area (Å²) in [6, 6.07) is 0. The fourth-order valence-electron chi connectivity index (χ4n) is 1.51. The highest BCUT2D eigenvalue weighted by Gasteiger charge is 2.40. The van der Waals surface area contributed by atoms with Crippen LogP contribution < -0.4 is 4.90 Å². The minimum absolute atomic E-state index is 0.275. The number of halogens is 3. The minimum Gasteiger partial charge on any atom is -0.443 e. The van der Waals surface area contributed by atoms with Gasteiger partial charge in [-0.1, -0.05) is 11.3 Å². The largest absolute Gasteiger partial charge is 0.443 e. The first kappa shape index (κ1) is 20.9. The second-order valence-electron chi connectivity index (χ2n) is 6.35. The molecular formula is C15H20F3N3O3S. The van der Waals surface area contributed by atoms with Gasteiger partial charge in [-0.3, -0.25) is 9.69 Å². The maximum atomic E-state index is 13.2. The summed E-state index contributed by atoms with van der Waals surface area (Å²) in [5.41, 5.74) is -2.14. The van der Waals surface area contributed by atoms with Crippen molar-refractivity contribution < 1.29 is 27.5 Å². The predicted molar refractivity (Wildman–Crippen MR) is 88.9 cm³/mol. The lowest BCUT2D eigenvalue weighted by atomic mass is 10.2. The summed E-state index contributed by atoms with van der Waals surface area (Å²) in [6.45, 7) is 4.88. The summed E-state index contributed by atoms with van der Waals surface area (Å²) in [6.07, 6.45) is -3.34. The number of rotatable bonds is 4. The van der Waals surface area contributed by atoms with E-state index in [1.807, 2.05) is 0 Å². The number of hydrogen-bond acceptors (Lipinski definition) is 6. The van der Waals surface area contributed by atoms with Crippen LogP contribution in [-0.4, -0.2) is 48.5 Å². The molecular weight excluding hydrogens is 359 g/mol. The van der Waals surface area contributed by atoms with Crippen LogP contribution in [0.15, 0.2) is 12.3 Å². The maximum absolute atomic E-state index is 13.2. The Morgan fingerprint density at radius 3 is 2.16 bits per heavy atom. The number of alkyl halides is 3. The molecule has 0 N–H and O–H groups in total. The molecule has 0 aliphatic rings. The lowest BCUT2D eigenvalue weighted by Crippen LogP contribution is -2.34. The van der Waals surface area contributed by atoms with Crippen molar-refractivity contribution in [3.63, 3.8) is 0 Å². The number of carbonyl (C=O) groups is 2. The fraction of sp³-hybridized carbons (Fsp3) is 0.533. The van der Waals surface area contributed by atoms with Gasteiger partial charge in [-0.05, 0) is 20.8 Å². The Balaban J connectivity index is 3.24. The number of ether oxygens (including phenoxy) is 1. The molecule has 1 heterocycles. The molecule has 1 aromatic heterocycles. The molecule has 0 atom stereocenters. The first-order valence-electron chi connectivity index (χ1n) is 7.16. The van der Waals surface area contributed by atoms with Crippen LogP contribution in [0, 0.1) is 0 Å². The summed E-state index contributed by atoms with van der Waals surface area (Å²) < 4.78 is 44.6. The zero-order valence-corrected chi connectivity index (χ0v) is 15.6. The first-order chi connectivity index (χ1) is 11.2. The molecule has 0 aliphatic carbocycles. The third-order valence-corrected chi connectivity index (χ3v) is 3.73. The zero-order chi connectivity index (χ0) is 19.6.